The minimum Gasteiger partial charge on any atom is -0.497 e. The van der Waals surface area contributed by atoms with Gasteiger partial charge in [0.05, 0.1) is 18.4 Å². The molecule has 0 bridgehead atoms. The maximum Gasteiger partial charge on any atom is 0.411 e. The number of nitrogens with one attached hydrogen (secondary N) is 1. The topological polar surface area (TPSA) is 84.9 Å². The van der Waals surface area contributed by atoms with Gasteiger partial charge in [0.15, 0.2) is 0 Å². The van der Waals surface area contributed by atoms with Crippen LogP contribution in [0.2, 0.25) is 0 Å². The van der Waals surface area contributed by atoms with Crippen LogP contribution in [0.3, 0.4) is 0 Å². The molecule has 0 heterocycles. The van der Waals surface area contributed by atoms with Gasteiger partial charge in [-0.2, -0.15) is 13.2 Å². The van der Waals surface area contributed by atoms with Crippen molar-refractivity contribution in [2.75, 3.05) is 25.6 Å². The molecule has 0 atom stereocenters. The van der Waals surface area contributed by atoms with Crippen molar-refractivity contribution in [1.29, 1.82) is 0 Å². The third-order valence-corrected chi connectivity index (χ3v) is 2.23. The van der Waals surface area contributed by atoms with Crippen LogP contribution < -0.4 is 10.1 Å². The van der Waals surface area contributed by atoms with E-state index in [1.165, 1.54) is 25.3 Å². The molecule has 1 amide bonds. The summed E-state index contributed by atoms with van der Waals surface area (Å²) in [4.78, 5) is 22.4. The first-order chi connectivity index (χ1) is 9.73. The van der Waals surface area contributed by atoms with Crippen LogP contribution >= 0.6 is 0 Å². The zero-order chi connectivity index (χ0) is 16.0. The van der Waals surface area contributed by atoms with E-state index in [1.807, 2.05) is 0 Å². The number of hydrogen-bond acceptors (Lipinski definition) is 4. The first-order valence-electron chi connectivity index (χ1n) is 5.58. The molecule has 1 aromatic carbocycles. The van der Waals surface area contributed by atoms with Gasteiger partial charge in [0.25, 0.3) is 0 Å². The number of carboxylic acids is 1. The van der Waals surface area contributed by atoms with Gasteiger partial charge >= 0.3 is 12.1 Å². The van der Waals surface area contributed by atoms with Gasteiger partial charge in [0.1, 0.15) is 19.0 Å². The van der Waals surface area contributed by atoms with Crippen LogP contribution in [0.25, 0.3) is 0 Å². The summed E-state index contributed by atoms with van der Waals surface area (Å²) in [6, 6.07) is 3.84. The zero-order valence-electron chi connectivity index (χ0n) is 10.9. The van der Waals surface area contributed by atoms with E-state index in [-0.39, 0.29) is 17.0 Å². The number of anilines is 1. The van der Waals surface area contributed by atoms with Crippen molar-refractivity contribution in [1.82, 2.24) is 0 Å². The maximum atomic E-state index is 11.8. The second-order valence-electron chi connectivity index (χ2n) is 3.87. The molecule has 1 aromatic rings. The highest BCUT2D eigenvalue weighted by Gasteiger charge is 2.27. The molecule has 6 nitrogen and oxygen atoms in total. The van der Waals surface area contributed by atoms with Crippen LogP contribution in [0, 0.1) is 0 Å². The maximum absolute atomic E-state index is 11.8. The van der Waals surface area contributed by atoms with Crippen LogP contribution in [0.15, 0.2) is 18.2 Å². The fourth-order valence-electron chi connectivity index (χ4n) is 1.38. The van der Waals surface area contributed by atoms with Crippen LogP contribution in [0.4, 0.5) is 18.9 Å². The van der Waals surface area contributed by atoms with E-state index in [1.54, 1.807) is 0 Å². The molecule has 0 radical (unpaired) electrons. The van der Waals surface area contributed by atoms with Gasteiger partial charge in [-0.05, 0) is 18.2 Å². The third-order valence-electron chi connectivity index (χ3n) is 2.23. The van der Waals surface area contributed by atoms with Crippen molar-refractivity contribution in [3.05, 3.63) is 23.8 Å². The number of methoxy groups -OCH3 is 1. The van der Waals surface area contributed by atoms with Crippen LogP contribution in [-0.4, -0.2) is 43.5 Å². The molecule has 9 heteroatoms. The number of benzene rings is 1. The number of alkyl halides is 3. The summed E-state index contributed by atoms with van der Waals surface area (Å²) in [6.45, 7) is -2.40. The van der Waals surface area contributed by atoms with Crippen molar-refractivity contribution in [2.24, 2.45) is 0 Å². The average molecular weight is 307 g/mol. The van der Waals surface area contributed by atoms with Crippen molar-refractivity contribution < 1.29 is 37.3 Å². The molecule has 1 rings (SSSR count). The molecular weight excluding hydrogens is 295 g/mol. The van der Waals surface area contributed by atoms with E-state index in [4.69, 9.17) is 9.84 Å². The molecule has 2 N–H and O–H groups in total. The average Bonchev–Trinajstić information content (AvgIpc) is 2.37. The number of amides is 1. The van der Waals surface area contributed by atoms with E-state index in [2.05, 4.69) is 10.1 Å². The predicted octanol–water partition coefficient (Wildman–Crippen LogP) is 1.91. The highest BCUT2D eigenvalue weighted by Crippen LogP contribution is 2.22. The molecule has 0 saturated carbocycles. The Bertz CT molecular complexity index is 530. The number of halogens is 3. The van der Waals surface area contributed by atoms with Gasteiger partial charge in [-0.1, -0.05) is 0 Å². The number of carboxylic acid groups (broad SMARTS) is 1. The lowest BCUT2D eigenvalue weighted by atomic mass is 10.1. The van der Waals surface area contributed by atoms with E-state index in [0.29, 0.717) is 0 Å². The Morgan fingerprint density at radius 2 is 2.00 bits per heavy atom. The second kappa shape index (κ2) is 6.93. The second-order valence-corrected chi connectivity index (χ2v) is 3.87. The summed E-state index contributed by atoms with van der Waals surface area (Å²) < 4.78 is 44.5. The lowest BCUT2D eigenvalue weighted by molar-refractivity contribution is -0.174. The molecule has 0 aliphatic heterocycles. The zero-order valence-corrected chi connectivity index (χ0v) is 10.9. The van der Waals surface area contributed by atoms with Crippen LogP contribution in [0.1, 0.15) is 10.4 Å². The van der Waals surface area contributed by atoms with Crippen molar-refractivity contribution in [2.45, 2.75) is 6.18 Å². The van der Waals surface area contributed by atoms with Crippen LogP contribution in [-0.2, 0) is 9.53 Å². The largest absolute Gasteiger partial charge is 0.497 e. The van der Waals surface area contributed by atoms with Gasteiger partial charge in [-0.25, -0.2) is 4.79 Å². The summed E-state index contributed by atoms with van der Waals surface area (Å²) in [6.07, 6.45) is -4.54. The van der Waals surface area contributed by atoms with Crippen molar-refractivity contribution in [3.63, 3.8) is 0 Å². The van der Waals surface area contributed by atoms with Gasteiger partial charge in [-0.3, -0.25) is 4.79 Å². The fraction of sp³-hybridized carbons (Fsp3) is 0.333. The fourth-order valence-corrected chi connectivity index (χ4v) is 1.38. The monoisotopic (exact) mass is 307 g/mol. The number of hydrogen-bond donors (Lipinski definition) is 2. The van der Waals surface area contributed by atoms with Gasteiger partial charge < -0.3 is 19.9 Å². The molecule has 0 spiro atoms. The summed E-state index contributed by atoms with van der Waals surface area (Å²) in [7, 11) is 1.34. The summed E-state index contributed by atoms with van der Waals surface area (Å²) >= 11 is 0. The number of carbonyl (C=O) groups excluding carboxylic acids is 1. The Kier molecular flexibility index (Phi) is 5.53. The smallest absolute Gasteiger partial charge is 0.411 e. The molecule has 0 aromatic heterocycles. The Morgan fingerprint density at radius 1 is 1.33 bits per heavy atom. The van der Waals surface area contributed by atoms with Gasteiger partial charge in [0, 0.05) is 0 Å². The third kappa shape index (κ3) is 5.69. The molecule has 116 valence electrons. The minimum absolute atomic E-state index is 0.0658. The van der Waals surface area contributed by atoms with Gasteiger partial charge in [-0.15, -0.1) is 0 Å². The standard InChI is InChI=1S/C12H12F3NO5/c1-20-7-2-3-9(8(4-7)11(18)19)16-10(17)5-21-6-12(13,14)15/h2-4H,5-6H2,1H3,(H,16,17)(H,18,19). The highest BCUT2D eigenvalue weighted by atomic mass is 19.4. The molecule has 0 fully saturated rings. The molecule has 21 heavy (non-hydrogen) atoms. The van der Waals surface area contributed by atoms with E-state index < -0.39 is 31.3 Å². The molecular formula is C12H12F3NO5. The molecule has 0 aliphatic rings. The lowest BCUT2D eigenvalue weighted by Gasteiger charge is -2.11. The normalized spacial score (nSPS) is 11.0. The van der Waals surface area contributed by atoms with E-state index in [9.17, 15) is 22.8 Å². The quantitative estimate of drug-likeness (QED) is 0.838. The summed E-state index contributed by atoms with van der Waals surface area (Å²) in [5.41, 5.74) is -0.317. The van der Waals surface area contributed by atoms with Crippen molar-refractivity contribution in [3.8, 4) is 5.75 Å². The Morgan fingerprint density at radius 3 is 2.52 bits per heavy atom. The number of carbonyl (C=O) groups is 2. The predicted molar refractivity (Wildman–Crippen MR) is 65.5 cm³/mol. The molecule has 0 aliphatic carbocycles. The lowest BCUT2D eigenvalue weighted by Crippen LogP contribution is -2.24. The minimum atomic E-state index is -4.54. The number of rotatable bonds is 6. The molecule has 0 unspecified atom stereocenters. The van der Waals surface area contributed by atoms with Crippen molar-refractivity contribution >= 4 is 17.6 Å². The summed E-state index contributed by atoms with van der Waals surface area (Å²) in [5, 5.41) is 11.2. The summed E-state index contributed by atoms with van der Waals surface area (Å²) in [5.74, 6) is -1.95. The number of ether oxygens (including phenoxy) is 2. The Hall–Kier alpha value is -2.29. The first-order valence-corrected chi connectivity index (χ1v) is 5.58. The SMILES string of the molecule is COc1ccc(NC(=O)COCC(F)(F)F)c(C(=O)O)c1. The van der Waals surface area contributed by atoms with Crippen LogP contribution in [0.5, 0.6) is 5.75 Å². The number of aromatic carboxylic acids is 1. The highest BCUT2D eigenvalue weighted by molar-refractivity contribution is 6.01. The Balaban J connectivity index is 2.69. The Labute approximate surface area is 117 Å². The molecule has 0 saturated heterocycles. The first kappa shape index (κ1) is 16.8. The van der Waals surface area contributed by atoms with E-state index >= 15 is 0 Å². The van der Waals surface area contributed by atoms with Gasteiger partial charge in [0.2, 0.25) is 5.91 Å². The van der Waals surface area contributed by atoms with E-state index in [0.717, 1.165) is 0 Å².